The van der Waals surface area contributed by atoms with Crippen molar-refractivity contribution in [1.29, 1.82) is 0 Å². The van der Waals surface area contributed by atoms with Crippen molar-refractivity contribution in [3.05, 3.63) is 0 Å². The molecule has 11 heavy (non-hydrogen) atoms. The molecule has 0 fully saturated rings. The maximum Gasteiger partial charge on any atom is 0.0607 e. The van der Waals surface area contributed by atoms with Crippen LogP contribution in [0.5, 0.6) is 0 Å². The highest BCUT2D eigenvalue weighted by molar-refractivity contribution is 4.71. The first-order chi connectivity index (χ1) is 5.11. The average Bonchev–Trinajstić information content (AvgIpc) is 1.99. The monoisotopic (exact) mass is 161 g/mol. The minimum absolute atomic E-state index is 0.00639. The molecule has 0 aliphatic rings. The Morgan fingerprint density at radius 1 is 1.09 bits per heavy atom. The number of nitrogens with one attached hydrogen (secondary N) is 1. The molecule has 0 unspecified atom stereocenters. The third-order valence-corrected chi connectivity index (χ3v) is 1.94. The van der Waals surface area contributed by atoms with Crippen LogP contribution in [-0.2, 0) is 0 Å². The highest BCUT2D eigenvalue weighted by atomic mass is 16.3. The van der Waals surface area contributed by atoms with E-state index in [4.69, 9.17) is 10.2 Å². The van der Waals surface area contributed by atoms with Gasteiger partial charge in [-0.2, -0.15) is 0 Å². The van der Waals surface area contributed by atoms with Crippen molar-refractivity contribution in [2.45, 2.75) is 32.9 Å². The smallest absolute Gasteiger partial charge is 0.0607 e. The molecule has 68 valence electrons. The number of aliphatic hydroxyl groups is 2. The summed E-state index contributed by atoms with van der Waals surface area (Å²) in [5, 5.41) is 20.6. The zero-order valence-corrected chi connectivity index (χ0v) is 7.54. The Hall–Kier alpha value is -0.120. The van der Waals surface area contributed by atoms with Crippen LogP contribution in [0, 0.1) is 5.92 Å². The molecule has 3 nitrogen and oxygen atoms in total. The van der Waals surface area contributed by atoms with Crippen LogP contribution in [0.2, 0.25) is 0 Å². The molecule has 0 aliphatic carbocycles. The standard InChI is InChI=1S/C8H19NO2/c1-6(2)7(3)9-8(4-10)5-11/h6-11H,4-5H2,1-3H3/t7-/m1/s1. The van der Waals surface area contributed by atoms with Crippen LogP contribution in [0.4, 0.5) is 0 Å². The molecular weight excluding hydrogens is 142 g/mol. The Morgan fingerprint density at radius 2 is 1.55 bits per heavy atom. The fourth-order valence-corrected chi connectivity index (χ4v) is 0.727. The van der Waals surface area contributed by atoms with E-state index in [9.17, 15) is 0 Å². The van der Waals surface area contributed by atoms with E-state index in [2.05, 4.69) is 19.2 Å². The summed E-state index contributed by atoms with van der Waals surface area (Å²) in [7, 11) is 0. The summed E-state index contributed by atoms with van der Waals surface area (Å²) in [6.45, 7) is 6.23. The Balaban J connectivity index is 3.62. The van der Waals surface area contributed by atoms with E-state index >= 15 is 0 Å². The molecule has 0 aromatic rings. The van der Waals surface area contributed by atoms with Gasteiger partial charge in [0.25, 0.3) is 0 Å². The average molecular weight is 161 g/mol. The Morgan fingerprint density at radius 3 is 1.82 bits per heavy atom. The van der Waals surface area contributed by atoms with Crippen molar-refractivity contribution >= 4 is 0 Å². The van der Waals surface area contributed by atoms with Crippen molar-refractivity contribution in [3.8, 4) is 0 Å². The number of hydrogen-bond donors (Lipinski definition) is 3. The van der Waals surface area contributed by atoms with E-state index in [0.29, 0.717) is 12.0 Å². The second-order valence-electron chi connectivity index (χ2n) is 3.26. The minimum atomic E-state index is -0.174. The fourth-order valence-electron chi connectivity index (χ4n) is 0.727. The van der Waals surface area contributed by atoms with E-state index < -0.39 is 0 Å². The SMILES string of the molecule is CC(C)[C@@H](C)NC(CO)CO. The third-order valence-electron chi connectivity index (χ3n) is 1.94. The van der Waals surface area contributed by atoms with E-state index in [0.717, 1.165) is 0 Å². The summed E-state index contributed by atoms with van der Waals surface area (Å²) in [5.41, 5.74) is 0. The predicted molar refractivity (Wildman–Crippen MR) is 45.4 cm³/mol. The molecule has 0 rings (SSSR count). The largest absolute Gasteiger partial charge is 0.395 e. The molecule has 0 aliphatic heterocycles. The molecule has 0 saturated carbocycles. The van der Waals surface area contributed by atoms with E-state index in [1.54, 1.807) is 0 Å². The lowest BCUT2D eigenvalue weighted by Crippen LogP contribution is -2.43. The number of rotatable bonds is 5. The van der Waals surface area contributed by atoms with Gasteiger partial charge in [-0.15, -0.1) is 0 Å². The summed E-state index contributed by atoms with van der Waals surface area (Å²) in [6.07, 6.45) is 0. The first-order valence-corrected chi connectivity index (χ1v) is 4.09. The van der Waals surface area contributed by atoms with Gasteiger partial charge in [0.05, 0.1) is 19.3 Å². The molecule has 0 amide bonds. The summed E-state index contributed by atoms with van der Waals surface area (Å²) in [5.74, 6) is 0.524. The minimum Gasteiger partial charge on any atom is -0.395 e. The van der Waals surface area contributed by atoms with Crippen molar-refractivity contribution in [3.63, 3.8) is 0 Å². The fraction of sp³-hybridized carbons (Fsp3) is 1.00. The van der Waals surface area contributed by atoms with Crippen molar-refractivity contribution < 1.29 is 10.2 Å². The summed E-state index contributed by atoms with van der Waals surface area (Å²) in [4.78, 5) is 0. The van der Waals surface area contributed by atoms with Gasteiger partial charge in [-0.25, -0.2) is 0 Å². The zero-order valence-electron chi connectivity index (χ0n) is 7.54. The molecule has 0 saturated heterocycles. The Kier molecular flexibility index (Phi) is 5.46. The van der Waals surface area contributed by atoms with Crippen LogP contribution >= 0.6 is 0 Å². The molecule has 0 aromatic heterocycles. The van der Waals surface area contributed by atoms with Gasteiger partial charge in [-0.1, -0.05) is 13.8 Å². The number of hydrogen-bond acceptors (Lipinski definition) is 3. The van der Waals surface area contributed by atoms with Gasteiger partial charge >= 0.3 is 0 Å². The van der Waals surface area contributed by atoms with E-state index in [1.807, 2.05) is 6.92 Å². The highest BCUT2D eigenvalue weighted by Crippen LogP contribution is 2.00. The maximum absolute atomic E-state index is 8.73. The Bertz CT molecular complexity index is 92.1. The zero-order chi connectivity index (χ0) is 8.85. The lowest BCUT2D eigenvalue weighted by molar-refractivity contribution is 0.157. The summed E-state index contributed by atoms with van der Waals surface area (Å²) in [6, 6.07) is 0.159. The quantitative estimate of drug-likeness (QED) is 0.531. The molecule has 3 heteroatoms. The normalized spacial score (nSPS) is 14.5. The predicted octanol–water partition coefficient (Wildman–Crippen LogP) is -0.0263. The molecule has 3 N–H and O–H groups in total. The topological polar surface area (TPSA) is 52.5 Å². The van der Waals surface area contributed by atoms with Crippen molar-refractivity contribution in [1.82, 2.24) is 5.32 Å². The number of aliphatic hydroxyl groups excluding tert-OH is 2. The van der Waals surface area contributed by atoms with Gasteiger partial charge in [0, 0.05) is 6.04 Å². The van der Waals surface area contributed by atoms with E-state index in [-0.39, 0.29) is 19.3 Å². The van der Waals surface area contributed by atoms with Crippen molar-refractivity contribution in [2.75, 3.05) is 13.2 Å². The van der Waals surface area contributed by atoms with Crippen LogP contribution in [0.25, 0.3) is 0 Å². The first kappa shape index (κ1) is 10.9. The van der Waals surface area contributed by atoms with Gasteiger partial charge in [-0.3, -0.25) is 0 Å². The second-order valence-corrected chi connectivity index (χ2v) is 3.26. The second kappa shape index (κ2) is 5.52. The summed E-state index contributed by atoms with van der Waals surface area (Å²) >= 11 is 0. The molecule has 1 atom stereocenters. The van der Waals surface area contributed by atoms with Gasteiger partial charge in [0.15, 0.2) is 0 Å². The van der Waals surface area contributed by atoms with Gasteiger partial charge in [0.1, 0.15) is 0 Å². The molecule has 0 radical (unpaired) electrons. The molecule has 0 spiro atoms. The van der Waals surface area contributed by atoms with Crippen LogP contribution in [0.15, 0.2) is 0 Å². The first-order valence-electron chi connectivity index (χ1n) is 4.09. The summed E-state index contributed by atoms with van der Waals surface area (Å²) < 4.78 is 0. The van der Waals surface area contributed by atoms with Gasteiger partial charge in [0.2, 0.25) is 0 Å². The highest BCUT2D eigenvalue weighted by Gasteiger charge is 2.11. The maximum atomic E-state index is 8.73. The van der Waals surface area contributed by atoms with Gasteiger partial charge in [-0.05, 0) is 12.8 Å². The third kappa shape index (κ3) is 4.35. The van der Waals surface area contributed by atoms with Crippen molar-refractivity contribution in [2.24, 2.45) is 5.92 Å². The van der Waals surface area contributed by atoms with Crippen LogP contribution in [0.3, 0.4) is 0 Å². The van der Waals surface area contributed by atoms with Gasteiger partial charge < -0.3 is 15.5 Å². The van der Waals surface area contributed by atoms with Crippen LogP contribution in [0.1, 0.15) is 20.8 Å². The lowest BCUT2D eigenvalue weighted by Gasteiger charge is -2.22. The van der Waals surface area contributed by atoms with Crippen LogP contribution in [-0.4, -0.2) is 35.5 Å². The lowest BCUT2D eigenvalue weighted by atomic mass is 10.1. The molecule has 0 aromatic carbocycles. The molecule has 0 heterocycles. The van der Waals surface area contributed by atoms with Crippen LogP contribution < -0.4 is 5.32 Å². The van der Waals surface area contributed by atoms with E-state index in [1.165, 1.54) is 0 Å². The Labute approximate surface area is 68.4 Å². The molecule has 0 bridgehead atoms. The molecular formula is C8H19NO2.